The quantitative estimate of drug-likeness (QED) is 0.654. The fourth-order valence-electron chi connectivity index (χ4n) is 2.13. The van der Waals surface area contributed by atoms with E-state index in [1.807, 2.05) is 55.4 Å². The van der Waals surface area contributed by atoms with E-state index in [9.17, 15) is 9.59 Å². The first-order chi connectivity index (χ1) is 10.6. The van der Waals surface area contributed by atoms with E-state index < -0.39 is 11.8 Å². The van der Waals surface area contributed by atoms with E-state index in [-0.39, 0.29) is 0 Å². The molecule has 2 aromatic carbocycles. The average molecular weight is 299 g/mol. The fraction of sp³-hybridized carbons (Fsp3) is 0.294. The highest BCUT2D eigenvalue weighted by Crippen LogP contribution is 2.18. The van der Waals surface area contributed by atoms with E-state index in [0.717, 1.165) is 23.7 Å². The third kappa shape index (κ3) is 4.56. The van der Waals surface area contributed by atoms with Gasteiger partial charge in [0.05, 0.1) is 0 Å². The molecular formula is C17H21N3O2. The first-order valence-electron chi connectivity index (χ1n) is 7.29. The van der Waals surface area contributed by atoms with Gasteiger partial charge < -0.3 is 15.5 Å². The molecule has 0 unspecified atom stereocenters. The molecule has 0 fully saturated rings. The first-order valence-corrected chi connectivity index (χ1v) is 7.29. The number of amides is 2. The van der Waals surface area contributed by atoms with E-state index in [2.05, 4.69) is 10.6 Å². The minimum Gasteiger partial charge on any atom is -0.348 e. The number of carbonyl (C=O) groups is 2. The van der Waals surface area contributed by atoms with Crippen molar-refractivity contribution in [3.05, 3.63) is 42.5 Å². The number of rotatable bonds is 5. The second-order valence-electron chi connectivity index (χ2n) is 5.43. The molecule has 5 heteroatoms. The van der Waals surface area contributed by atoms with E-state index in [1.54, 1.807) is 6.07 Å². The third-order valence-electron chi connectivity index (χ3n) is 3.28. The van der Waals surface area contributed by atoms with Gasteiger partial charge in [0.25, 0.3) is 0 Å². The van der Waals surface area contributed by atoms with Crippen LogP contribution < -0.4 is 10.6 Å². The van der Waals surface area contributed by atoms with Crippen LogP contribution in [0.15, 0.2) is 42.5 Å². The number of hydrogen-bond donors (Lipinski definition) is 2. The van der Waals surface area contributed by atoms with Gasteiger partial charge in [-0.3, -0.25) is 9.59 Å². The lowest BCUT2D eigenvalue weighted by Crippen LogP contribution is -2.36. The van der Waals surface area contributed by atoms with Crippen molar-refractivity contribution in [1.82, 2.24) is 10.2 Å². The van der Waals surface area contributed by atoms with Crippen LogP contribution in [0.25, 0.3) is 10.8 Å². The molecule has 2 N–H and O–H groups in total. The number of nitrogens with zero attached hydrogens (tertiary/aromatic N) is 1. The van der Waals surface area contributed by atoms with Crippen LogP contribution in [-0.2, 0) is 9.59 Å². The van der Waals surface area contributed by atoms with Crippen molar-refractivity contribution in [3.63, 3.8) is 0 Å². The Hall–Kier alpha value is -2.40. The molecule has 0 radical (unpaired) electrons. The fourth-order valence-corrected chi connectivity index (χ4v) is 2.13. The van der Waals surface area contributed by atoms with Gasteiger partial charge in [-0.1, -0.05) is 30.3 Å². The molecule has 0 bridgehead atoms. The largest absolute Gasteiger partial charge is 0.348 e. The highest BCUT2D eigenvalue weighted by molar-refractivity contribution is 6.39. The second kappa shape index (κ2) is 7.56. The van der Waals surface area contributed by atoms with Crippen LogP contribution in [0.2, 0.25) is 0 Å². The standard InChI is InChI=1S/C17H21N3O2/c1-20(2)11-5-10-18-16(21)17(22)19-15-9-8-13-6-3-4-7-14(13)12-15/h3-4,6-9,12H,5,10-11H2,1-2H3,(H,18,21)(H,19,22). The number of benzene rings is 2. The van der Waals surface area contributed by atoms with Crippen LogP contribution in [0.1, 0.15) is 6.42 Å². The molecule has 0 heterocycles. The van der Waals surface area contributed by atoms with E-state index in [0.29, 0.717) is 12.2 Å². The Morgan fingerprint density at radius 3 is 2.45 bits per heavy atom. The summed E-state index contributed by atoms with van der Waals surface area (Å²) in [5.74, 6) is -1.24. The van der Waals surface area contributed by atoms with Crippen molar-refractivity contribution in [2.75, 3.05) is 32.5 Å². The maximum atomic E-state index is 11.8. The van der Waals surface area contributed by atoms with Crippen molar-refractivity contribution in [2.45, 2.75) is 6.42 Å². The van der Waals surface area contributed by atoms with Crippen LogP contribution in [0, 0.1) is 0 Å². The summed E-state index contributed by atoms with van der Waals surface area (Å²) in [6.07, 6.45) is 0.808. The van der Waals surface area contributed by atoms with E-state index in [4.69, 9.17) is 0 Å². The Labute approximate surface area is 130 Å². The summed E-state index contributed by atoms with van der Waals surface area (Å²) in [5, 5.41) is 7.35. The predicted molar refractivity (Wildman–Crippen MR) is 88.8 cm³/mol. The van der Waals surface area contributed by atoms with Crippen molar-refractivity contribution in [1.29, 1.82) is 0 Å². The monoisotopic (exact) mass is 299 g/mol. The molecule has 2 rings (SSSR count). The van der Waals surface area contributed by atoms with Crippen LogP contribution in [0.5, 0.6) is 0 Å². The van der Waals surface area contributed by atoms with Gasteiger partial charge in [0.2, 0.25) is 0 Å². The Morgan fingerprint density at radius 1 is 1.00 bits per heavy atom. The summed E-state index contributed by atoms with van der Waals surface area (Å²) in [4.78, 5) is 25.6. The predicted octanol–water partition coefficient (Wildman–Crippen LogP) is 1.85. The Morgan fingerprint density at radius 2 is 1.73 bits per heavy atom. The topological polar surface area (TPSA) is 61.4 Å². The Bertz CT molecular complexity index is 668. The van der Waals surface area contributed by atoms with Gasteiger partial charge in [-0.2, -0.15) is 0 Å². The second-order valence-corrected chi connectivity index (χ2v) is 5.43. The lowest BCUT2D eigenvalue weighted by Gasteiger charge is -2.10. The number of hydrogen-bond acceptors (Lipinski definition) is 3. The third-order valence-corrected chi connectivity index (χ3v) is 3.28. The van der Waals surface area contributed by atoms with Crippen molar-refractivity contribution >= 4 is 28.3 Å². The minimum absolute atomic E-state index is 0.488. The number of fused-ring (bicyclic) bond motifs is 1. The highest BCUT2D eigenvalue weighted by Gasteiger charge is 2.13. The SMILES string of the molecule is CN(C)CCCNC(=O)C(=O)Nc1ccc2ccccc2c1. The summed E-state index contributed by atoms with van der Waals surface area (Å²) >= 11 is 0. The van der Waals surface area contributed by atoms with Gasteiger partial charge in [0.15, 0.2) is 0 Å². The van der Waals surface area contributed by atoms with Gasteiger partial charge in [-0.15, -0.1) is 0 Å². The van der Waals surface area contributed by atoms with Gasteiger partial charge in [-0.25, -0.2) is 0 Å². The molecule has 2 aromatic rings. The molecule has 0 aromatic heterocycles. The zero-order valence-electron chi connectivity index (χ0n) is 12.9. The molecule has 116 valence electrons. The molecule has 5 nitrogen and oxygen atoms in total. The summed E-state index contributed by atoms with van der Waals surface area (Å²) in [6, 6.07) is 13.4. The van der Waals surface area contributed by atoms with Gasteiger partial charge >= 0.3 is 11.8 Å². The molecule has 2 amide bonds. The molecule has 0 saturated carbocycles. The zero-order valence-corrected chi connectivity index (χ0v) is 12.9. The maximum Gasteiger partial charge on any atom is 0.313 e. The smallest absolute Gasteiger partial charge is 0.313 e. The van der Waals surface area contributed by atoms with E-state index >= 15 is 0 Å². The molecule has 0 spiro atoms. The number of carbonyl (C=O) groups excluding carboxylic acids is 2. The highest BCUT2D eigenvalue weighted by atomic mass is 16.2. The Kier molecular flexibility index (Phi) is 5.49. The minimum atomic E-state index is -0.639. The van der Waals surface area contributed by atoms with Crippen LogP contribution in [0.3, 0.4) is 0 Å². The van der Waals surface area contributed by atoms with Crippen LogP contribution in [-0.4, -0.2) is 43.9 Å². The van der Waals surface area contributed by atoms with Gasteiger partial charge in [0.1, 0.15) is 0 Å². The average Bonchev–Trinajstić information content (AvgIpc) is 2.51. The van der Waals surface area contributed by atoms with Crippen molar-refractivity contribution in [2.24, 2.45) is 0 Å². The molecule has 0 atom stereocenters. The molecular weight excluding hydrogens is 278 g/mol. The summed E-state index contributed by atoms with van der Waals surface area (Å²) < 4.78 is 0. The first kappa shape index (κ1) is 16.0. The number of anilines is 1. The Balaban J connectivity index is 1.88. The molecule has 22 heavy (non-hydrogen) atoms. The van der Waals surface area contributed by atoms with Crippen molar-refractivity contribution < 1.29 is 9.59 Å². The number of nitrogens with one attached hydrogen (secondary N) is 2. The zero-order chi connectivity index (χ0) is 15.9. The van der Waals surface area contributed by atoms with Gasteiger partial charge in [0, 0.05) is 12.2 Å². The summed E-state index contributed by atoms with van der Waals surface area (Å²) in [6.45, 7) is 1.36. The molecule has 0 aliphatic heterocycles. The van der Waals surface area contributed by atoms with Crippen LogP contribution >= 0.6 is 0 Å². The van der Waals surface area contributed by atoms with Crippen molar-refractivity contribution in [3.8, 4) is 0 Å². The molecule has 0 saturated heterocycles. The summed E-state index contributed by atoms with van der Waals surface area (Å²) in [5.41, 5.74) is 0.618. The maximum absolute atomic E-state index is 11.8. The summed E-state index contributed by atoms with van der Waals surface area (Å²) in [7, 11) is 3.93. The molecule has 0 aliphatic rings. The lowest BCUT2D eigenvalue weighted by atomic mass is 10.1. The van der Waals surface area contributed by atoms with Crippen LogP contribution in [0.4, 0.5) is 5.69 Å². The van der Waals surface area contributed by atoms with E-state index in [1.165, 1.54) is 0 Å². The van der Waals surface area contributed by atoms with Gasteiger partial charge in [-0.05, 0) is 50.0 Å². The normalized spacial score (nSPS) is 10.7. The molecule has 0 aliphatic carbocycles. The lowest BCUT2D eigenvalue weighted by molar-refractivity contribution is -0.136.